The standard InChI is InChI=1S/C8H9O2/c1-3-5-7(9)6(4-2)8(5)10/h3-4,7,10H,1H2,2H3/q-1. The van der Waals surface area contributed by atoms with Crippen LogP contribution in [-0.2, 0) is 0 Å². The Kier molecular flexibility index (Phi) is 1.64. The fraction of sp³-hybridized carbons (Fsp3) is 0.250. The molecule has 1 atom stereocenters. The second kappa shape index (κ2) is 2.31. The van der Waals surface area contributed by atoms with Crippen molar-refractivity contribution in [1.29, 1.82) is 0 Å². The summed E-state index contributed by atoms with van der Waals surface area (Å²) in [4.78, 5) is 0. The summed E-state index contributed by atoms with van der Waals surface area (Å²) in [5.41, 5.74) is 0.892. The molecule has 2 heteroatoms. The van der Waals surface area contributed by atoms with Gasteiger partial charge in [-0.25, -0.2) is 0 Å². The van der Waals surface area contributed by atoms with Gasteiger partial charge in [0, 0.05) is 0 Å². The van der Waals surface area contributed by atoms with Crippen LogP contribution in [0.25, 0.3) is 0 Å². The summed E-state index contributed by atoms with van der Waals surface area (Å²) >= 11 is 0. The van der Waals surface area contributed by atoms with Gasteiger partial charge in [0.2, 0.25) is 0 Å². The Morgan fingerprint density at radius 2 is 2.30 bits per heavy atom. The van der Waals surface area contributed by atoms with Crippen molar-refractivity contribution in [1.82, 2.24) is 0 Å². The van der Waals surface area contributed by atoms with Crippen molar-refractivity contribution in [3.05, 3.63) is 35.6 Å². The van der Waals surface area contributed by atoms with Crippen molar-refractivity contribution in [3.8, 4) is 0 Å². The second-order valence-corrected chi connectivity index (χ2v) is 2.13. The Balaban J connectivity index is 2.98. The van der Waals surface area contributed by atoms with Crippen LogP contribution in [0.15, 0.2) is 35.6 Å². The summed E-state index contributed by atoms with van der Waals surface area (Å²) < 4.78 is 0. The molecule has 0 bridgehead atoms. The molecule has 0 aliphatic heterocycles. The molecule has 0 aromatic carbocycles. The largest absolute Gasteiger partial charge is 0.845 e. The maximum atomic E-state index is 11.0. The van der Waals surface area contributed by atoms with Crippen molar-refractivity contribution in [2.75, 3.05) is 0 Å². The Hall–Kier alpha value is -1.02. The molecule has 0 amide bonds. The minimum absolute atomic E-state index is 0.109. The molecule has 0 aromatic heterocycles. The fourth-order valence-corrected chi connectivity index (χ4v) is 0.997. The molecule has 0 aromatic rings. The van der Waals surface area contributed by atoms with Crippen LogP contribution in [0.2, 0.25) is 0 Å². The highest BCUT2D eigenvalue weighted by atomic mass is 16.3. The van der Waals surface area contributed by atoms with E-state index in [0.717, 1.165) is 0 Å². The van der Waals surface area contributed by atoms with Crippen LogP contribution >= 0.6 is 0 Å². The first-order chi connectivity index (χ1) is 4.72. The van der Waals surface area contributed by atoms with Crippen molar-refractivity contribution < 1.29 is 10.2 Å². The van der Waals surface area contributed by atoms with Crippen LogP contribution in [0, 0.1) is 0 Å². The van der Waals surface area contributed by atoms with E-state index in [1.807, 2.05) is 0 Å². The number of allylic oxidation sites excluding steroid dienone is 1. The summed E-state index contributed by atoms with van der Waals surface area (Å²) in [5.74, 6) is 0.109. The zero-order chi connectivity index (χ0) is 7.72. The third kappa shape index (κ3) is 0.693. The maximum absolute atomic E-state index is 11.0. The highest BCUT2D eigenvalue weighted by Crippen LogP contribution is 2.30. The Bertz CT molecular complexity index is 223. The van der Waals surface area contributed by atoms with Crippen LogP contribution in [0.3, 0.4) is 0 Å². The SMILES string of the molecule is C=CC1=C(O)C(=CC)C1[O-]. The van der Waals surface area contributed by atoms with E-state index in [4.69, 9.17) is 5.11 Å². The van der Waals surface area contributed by atoms with Crippen LogP contribution in [-0.4, -0.2) is 11.2 Å². The first-order valence-electron chi connectivity index (χ1n) is 3.10. The third-order valence-corrected chi connectivity index (χ3v) is 1.64. The summed E-state index contributed by atoms with van der Waals surface area (Å²) in [6.07, 6.45) is 2.16. The molecule has 0 radical (unpaired) electrons. The predicted molar refractivity (Wildman–Crippen MR) is 37.4 cm³/mol. The fourth-order valence-electron chi connectivity index (χ4n) is 0.997. The van der Waals surface area contributed by atoms with Crippen molar-refractivity contribution in [2.45, 2.75) is 13.0 Å². The maximum Gasteiger partial charge on any atom is 0.120 e. The van der Waals surface area contributed by atoms with Gasteiger partial charge in [-0.05, 0) is 18.1 Å². The molecule has 0 saturated heterocycles. The summed E-state index contributed by atoms with van der Waals surface area (Å²) in [5, 5.41) is 20.0. The Morgan fingerprint density at radius 1 is 1.70 bits per heavy atom. The summed E-state index contributed by atoms with van der Waals surface area (Å²) in [7, 11) is 0. The number of hydrogen-bond acceptors (Lipinski definition) is 2. The van der Waals surface area contributed by atoms with E-state index in [9.17, 15) is 5.11 Å². The van der Waals surface area contributed by atoms with E-state index in [2.05, 4.69) is 6.58 Å². The Morgan fingerprint density at radius 3 is 2.60 bits per heavy atom. The molecule has 0 spiro atoms. The number of rotatable bonds is 1. The smallest absolute Gasteiger partial charge is 0.120 e. The molecule has 10 heavy (non-hydrogen) atoms. The van der Waals surface area contributed by atoms with E-state index in [0.29, 0.717) is 11.1 Å². The molecule has 1 unspecified atom stereocenters. The first kappa shape index (κ1) is 7.09. The van der Waals surface area contributed by atoms with Gasteiger partial charge in [-0.3, -0.25) is 0 Å². The molecule has 1 aliphatic rings. The van der Waals surface area contributed by atoms with Gasteiger partial charge < -0.3 is 10.2 Å². The number of aliphatic hydroxyl groups excluding tert-OH is 1. The van der Waals surface area contributed by atoms with Gasteiger partial charge in [-0.1, -0.05) is 24.8 Å². The van der Waals surface area contributed by atoms with Crippen molar-refractivity contribution >= 4 is 0 Å². The zero-order valence-corrected chi connectivity index (χ0v) is 5.79. The lowest BCUT2D eigenvalue weighted by Crippen LogP contribution is -2.38. The molecule has 1 N–H and O–H groups in total. The van der Waals surface area contributed by atoms with E-state index < -0.39 is 6.10 Å². The lowest BCUT2D eigenvalue weighted by Gasteiger charge is -2.36. The molecule has 1 rings (SSSR count). The molecule has 2 nitrogen and oxygen atoms in total. The van der Waals surface area contributed by atoms with E-state index in [1.165, 1.54) is 6.08 Å². The molecular weight excluding hydrogens is 128 g/mol. The zero-order valence-electron chi connectivity index (χ0n) is 5.79. The second-order valence-electron chi connectivity index (χ2n) is 2.13. The molecule has 1 aliphatic carbocycles. The minimum atomic E-state index is -0.873. The van der Waals surface area contributed by atoms with Gasteiger partial charge >= 0.3 is 0 Å². The van der Waals surface area contributed by atoms with E-state index in [-0.39, 0.29) is 5.76 Å². The van der Waals surface area contributed by atoms with Gasteiger partial charge in [0.15, 0.2) is 0 Å². The normalized spacial score (nSPS) is 28.6. The average Bonchev–Trinajstić information content (AvgIpc) is 1.90. The molecule has 0 fully saturated rings. The summed E-state index contributed by atoms with van der Waals surface area (Å²) in [6.45, 7) is 5.14. The van der Waals surface area contributed by atoms with Gasteiger partial charge in [0.25, 0.3) is 0 Å². The minimum Gasteiger partial charge on any atom is -0.845 e. The number of hydrogen-bond donors (Lipinski definition) is 1. The quantitative estimate of drug-likeness (QED) is 0.577. The lowest BCUT2D eigenvalue weighted by atomic mass is 9.86. The number of aliphatic hydroxyl groups is 1. The summed E-state index contributed by atoms with van der Waals surface area (Å²) in [6, 6.07) is 0. The Labute approximate surface area is 59.8 Å². The van der Waals surface area contributed by atoms with Crippen molar-refractivity contribution in [2.24, 2.45) is 0 Å². The van der Waals surface area contributed by atoms with E-state index in [1.54, 1.807) is 13.0 Å². The van der Waals surface area contributed by atoms with Crippen LogP contribution in [0.4, 0.5) is 0 Å². The predicted octanol–water partition coefficient (Wildman–Crippen LogP) is 0.673. The lowest BCUT2D eigenvalue weighted by molar-refractivity contribution is -0.398. The monoisotopic (exact) mass is 137 g/mol. The van der Waals surface area contributed by atoms with E-state index >= 15 is 0 Å². The molecule has 0 saturated carbocycles. The highest BCUT2D eigenvalue weighted by Gasteiger charge is 2.22. The molecule has 54 valence electrons. The van der Waals surface area contributed by atoms with Crippen molar-refractivity contribution in [3.63, 3.8) is 0 Å². The molecule has 0 heterocycles. The van der Waals surface area contributed by atoms with Gasteiger partial charge in [-0.2, -0.15) is 0 Å². The topological polar surface area (TPSA) is 43.3 Å². The van der Waals surface area contributed by atoms with Gasteiger partial charge in [0.1, 0.15) is 5.76 Å². The van der Waals surface area contributed by atoms with Gasteiger partial charge in [-0.15, -0.1) is 0 Å². The van der Waals surface area contributed by atoms with Crippen LogP contribution < -0.4 is 5.11 Å². The van der Waals surface area contributed by atoms with Crippen LogP contribution in [0.1, 0.15) is 6.92 Å². The highest BCUT2D eigenvalue weighted by molar-refractivity contribution is 5.53. The van der Waals surface area contributed by atoms with Gasteiger partial charge in [0.05, 0.1) is 0 Å². The average molecular weight is 137 g/mol. The molecular formula is C8H9O2-. The first-order valence-corrected chi connectivity index (χ1v) is 3.10. The van der Waals surface area contributed by atoms with Crippen LogP contribution in [0.5, 0.6) is 0 Å². The third-order valence-electron chi connectivity index (χ3n) is 1.64.